The molecule has 1 aromatic rings. The van der Waals surface area contributed by atoms with Crippen LogP contribution >= 0.6 is 11.6 Å². The molecule has 16 heavy (non-hydrogen) atoms. The van der Waals surface area contributed by atoms with Crippen LogP contribution in [-0.2, 0) is 10.0 Å². The van der Waals surface area contributed by atoms with Crippen LogP contribution in [0.4, 0.5) is 5.69 Å². The molecule has 0 aliphatic carbocycles. The Morgan fingerprint density at radius 3 is 2.69 bits per heavy atom. The van der Waals surface area contributed by atoms with E-state index in [1.54, 1.807) is 6.92 Å². The second-order valence-electron chi connectivity index (χ2n) is 3.33. The van der Waals surface area contributed by atoms with E-state index >= 15 is 0 Å². The average Bonchev–Trinajstić information content (AvgIpc) is 2.21. The van der Waals surface area contributed by atoms with Crippen LogP contribution in [0.15, 0.2) is 35.7 Å². The van der Waals surface area contributed by atoms with Gasteiger partial charge in [-0.15, -0.1) is 6.58 Å². The quantitative estimate of drug-likeness (QED) is 0.640. The van der Waals surface area contributed by atoms with Crippen molar-refractivity contribution in [3.05, 3.63) is 35.9 Å². The van der Waals surface area contributed by atoms with Gasteiger partial charge in [-0.2, -0.15) is 0 Å². The van der Waals surface area contributed by atoms with E-state index in [2.05, 4.69) is 11.3 Å². The number of hydrogen-bond donors (Lipinski definition) is 2. The van der Waals surface area contributed by atoms with Crippen LogP contribution in [0, 0.1) is 0 Å². The van der Waals surface area contributed by atoms with E-state index in [1.807, 2.05) is 0 Å². The van der Waals surface area contributed by atoms with Crippen molar-refractivity contribution in [1.82, 2.24) is 4.72 Å². The van der Waals surface area contributed by atoms with Gasteiger partial charge in [-0.05, 0) is 25.1 Å². The van der Waals surface area contributed by atoms with Crippen LogP contribution in [-0.4, -0.2) is 14.5 Å². The maximum atomic E-state index is 11.8. The Hall–Kier alpha value is -1.04. The fourth-order valence-electron chi connectivity index (χ4n) is 1.05. The maximum absolute atomic E-state index is 11.8. The minimum absolute atomic E-state index is 0.0862. The highest BCUT2D eigenvalue weighted by Gasteiger charge is 2.16. The molecule has 0 amide bonds. The highest BCUT2D eigenvalue weighted by atomic mass is 35.5. The number of sulfonamides is 1. The topological polar surface area (TPSA) is 72.2 Å². The van der Waals surface area contributed by atoms with E-state index < -0.39 is 10.0 Å². The van der Waals surface area contributed by atoms with Crippen molar-refractivity contribution < 1.29 is 8.42 Å². The number of hydrogen-bond acceptors (Lipinski definition) is 3. The van der Waals surface area contributed by atoms with E-state index in [0.717, 1.165) is 0 Å². The molecule has 0 saturated carbocycles. The molecule has 4 nitrogen and oxygen atoms in total. The fourth-order valence-corrected chi connectivity index (χ4v) is 2.42. The Morgan fingerprint density at radius 2 is 2.19 bits per heavy atom. The van der Waals surface area contributed by atoms with Gasteiger partial charge in [0.1, 0.15) is 0 Å². The van der Waals surface area contributed by atoms with E-state index in [4.69, 9.17) is 17.3 Å². The molecule has 1 rings (SSSR count). The Morgan fingerprint density at radius 1 is 1.56 bits per heavy atom. The second kappa shape index (κ2) is 4.86. The summed E-state index contributed by atoms with van der Waals surface area (Å²) in [7, 11) is -3.57. The number of halogens is 1. The SMILES string of the molecule is C=CC(C)NS(=O)(=O)c1ccc(Cl)c(N)c1. The molecule has 0 fully saturated rings. The van der Waals surface area contributed by atoms with Gasteiger partial charge < -0.3 is 5.73 Å². The molecule has 0 aromatic heterocycles. The Balaban J connectivity index is 3.08. The third-order valence-electron chi connectivity index (χ3n) is 1.97. The van der Waals surface area contributed by atoms with Crippen LogP contribution in [0.5, 0.6) is 0 Å². The molecule has 0 aliphatic rings. The summed E-state index contributed by atoms with van der Waals surface area (Å²) in [5, 5.41) is 0.329. The molecule has 0 spiro atoms. The third-order valence-corrected chi connectivity index (χ3v) is 3.87. The molecule has 1 atom stereocenters. The van der Waals surface area contributed by atoms with Gasteiger partial charge >= 0.3 is 0 Å². The van der Waals surface area contributed by atoms with Crippen LogP contribution in [0.1, 0.15) is 6.92 Å². The maximum Gasteiger partial charge on any atom is 0.241 e. The van der Waals surface area contributed by atoms with Crippen LogP contribution < -0.4 is 10.5 Å². The van der Waals surface area contributed by atoms with Gasteiger partial charge in [0, 0.05) is 6.04 Å². The smallest absolute Gasteiger partial charge is 0.241 e. The predicted octanol–water partition coefficient (Wildman–Crippen LogP) is 1.78. The molecule has 0 radical (unpaired) electrons. The highest BCUT2D eigenvalue weighted by Crippen LogP contribution is 2.22. The lowest BCUT2D eigenvalue weighted by Gasteiger charge is -2.10. The van der Waals surface area contributed by atoms with Crippen molar-refractivity contribution in [1.29, 1.82) is 0 Å². The lowest BCUT2D eigenvalue weighted by molar-refractivity contribution is 0.576. The summed E-state index contributed by atoms with van der Waals surface area (Å²) in [4.78, 5) is 0.0862. The summed E-state index contributed by atoms with van der Waals surface area (Å²) >= 11 is 5.71. The normalized spacial score (nSPS) is 13.4. The van der Waals surface area contributed by atoms with Gasteiger partial charge in [0.15, 0.2) is 0 Å². The van der Waals surface area contributed by atoms with Gasteiger partial charge in [-0.1, -0.05) is 17.7 Å². The zero-order valence-corrected chi connectivity index (χ0v) is 10.3. The lowest BCUT2D eigenvalue weighted by Crippen LogP contribution is -2.31. The molecule has 1 unspecified atom stereocenters. The molecule has 0 aliphatic heterocycles. The zero-order chi connectivity index (χ0) is 12.3. The van der Waals surface area contributed by atoms with Crippen molar-refractivity contribution >= 4 is 27.3 Å². The summed E-state index contributed by atoms with van der Waals surface area (Å²) in [5.41, 5.74) is 5.77. The molecule has 3 N–H and O–H groups in total. The molecule has 88 valence electrons. The van der Waals surface area contributed by atoms with Gasteiger partial charge in [-0.3, -0.25) is 0 Å². The summed E-state index contributed by atoms with van der Waals surface area (Å²) < 4.78 is 26.0. The van der Waals surface area contributed by atoms with E-state index in [9.17, 15) is 8.42 Å². The van der Waals surface area contributed by atoms with Crippen LogP contribution in [0.25, 0.3) is 0 Å². The molecule has 1 aromatic carbocycles. The van der Waals surface area contributed by atoms with Gasteiger partial charge in [-0.25, -0.2) is 13.1 Å². The van der Waals surface area contributed by atoms with Gasteiger partial charge in [0.05, 0.1) is 15.6 Å². The Kier molecular flexibility index (Phi) is 3.96. The summed E-state index contributed by atoms with van der Waals surface area (Å²) in [6.45, 7) is 5.18. The predicted molar refractivity (Wildman–Crippen MR) is 65.8 cm³/mol. The molecule has 0 heterocycles. The van der Waals surface area contributed by atoms with E-state index in [1.165, 1.54) is 24.3 Å². The van der Waals surface area contributed by atoms with Gasteiger partial charge in [0.2, 0.25) is 10.0 Å². The van der Waals surface area contributed by atoms with Crippen molar-refractivity contribution in [2.75, 3.05) is 5.73 Å². The summed E-state index contributed by atoms with van der Waals surface area (Å²) in [6.07, 6.45) is 1.50. The zero-order valence-electron chi connectivity index (χ0n) is 8.77. The van der Waals surface area contributed by atoms with Crippen molar-refractivity contribution in [3.8, 4) is 0 Å². The van der Waals surface area contributed by atoms with Gasteiger partial charge in [0.25, 0.3) is 0 Å². The number of nitrogens with one attached hydrogen (secondary N) is 1. The van der Waals surface area contributed by atoms with Crippen LogP contribution in [0.3, 0.4) is 0 Å². The number of benzene rings is 1. The number of nitrogen functional groups attached to an aromatic ring is 1. The first-order chi connectivity index (χ1) is 7.36. The Labute approximate surface area is 100 Å². The first-order valence-electron chi connectivity index (χ1n) is 4.56. The largest absolute Gasteiger partial charge is 0.397 e. The average molecular weight is 261 g/mol. The number of nitrogens with two attached hydrogens (primary N) is 1. The molecular formula is C10H13ClN2O2S. The van der Waals surface area contributed by atoms with Crippen LogP contribution in [0.2, 0.25) is 5.02 Å². The number of anilines is 1. The first-order valence-corrected chi connectivity index (χ1v) is 6.43. The minimum Gasteiger partial charge on any atom is -0.397 e. The molecular weight excluding hydrogens is 248 g/mol. The highest BCUT2D eigenvalue weighted by molar-refractivity contribution is 7.89. The minimum atomic E-state index is -3.57. The molecule has 6 heteroatoms. The number of rotatable bonds is 4. The molecule has 0 saturated heterocycles. The standard InChI is InChI=1S/C10H13ClN2O2S/c1-3-7(2)13-16(14,15)8-4-5-9(11)10(12)6-8/h3-7,13H,1,12H2,2H3. The van der Waals surface area contributed by atoms with E-state index in [0.29, 0.717) is 5.02 Å². The third kappa shape index (κ3) is 2.98. The van der Waals surface area contributed by atoms with E-state index in [-0.39, 0.29) is 16.6 Å². The monoisotopic (exact) mass is 260 g/mol. The second-order valence-corrected chi connectivity index (χ2v) is 5.45. The lowest BCUT2D eigenvalue weighted by atomic mass is 10.3. The Bertz CT molecular complexity index is 500. The molecule has 0 bridgehead atoms. The van der Waals surface area contributed by atoms with Crippen molar-refractivity contribution in [3.63, 3.8) is 0 Å². The van der Waals surface area contributed by atoms with Crippen molar-refractivity contribution in [2.45, 2.75) is 17.9 Å². The fraction of sp³-hybridized carbons (Fsp3) is 0.200. The summed E-state index contributed by atoms with van der Waals surface area (Å²) in [6, 6.07) is 3.82. The summed E-state index contributed by atoms with van der Waals surface area (Å²) in [5.74, 6) is 0. The first kappa shape index (κ1) is 13.0. The van der Waals surface area contributed by atoms with Crippen molar-refractivity contribution in [2.24, 2.45) is 0 Å².